The SMILES string of the molecule is Cc1sc2ncnc(N[C@@H](Cc3ccccc3)C(=O)O)c2c1C. The van der Waals surface area contributed by atoms with Crippen LogP contribution in [-0.2, 0) is 11.2 Å². The maximum absolute atomic E-state index is 11.6. The number of hydrogen-bond acceptors (Lipinski definition) is 5. The summed E-state index contributed by atoms with van der Waals surface area (Å²) in [6, 6.07) is 8.83. The molecule has 3 rings (SSSR count). The van der Waals surface area contributed by atoms with Crippen LogP contribution in [0.15, 0.2) is 36.7 Å². The van der Waals surface area contributed by atoms with Gasteiger partial charge in [-0.25, -0.2) is 14.8 Å². The standard InChI is InChI=1S/C17H17N3O2S/c1-10-11(2)23-16-14(10)15(18-9-19-16)20-13(17(21)22)8-12-6-4-3-5-7-12/h3-7,9,13H,8H2,1-2H3,(H,21,22)(H,18,19,20)/t13-/m0/s1. The molecule has 0 aliphatic heterocycles. The number of hydrogen-bond donors (Lipinski definition) is 2. The number of carbonyl (C=O) groups is 1. The van der Waals surface area contributed by atoms with E-state index in [4.69, 9.17) is 0 Å². The van der Waals surface area contributed by atoms with E-state index in [9.17, 15) is 9.90 Å². The van der Waals surface area contributed by atoms with E-state index in [1.165, 1.54) is 11.2 Å². The van der Waals surface area contributed by atoms with Gasteiger partial charge in [-0.15, -0.1) is 11.3 Å². The minimum absolute atomic E-state index is 0.393. The van der Waals surface area contributed by atoms with Crippen LogP contribution in [-0.4, -0.2) is 27.1 Å². The minimum Gasteiger partial charge on any atom is -0.480 e. The summed E-state index contributed by atoms with van der Waals surface area (Å²) in [7, 11) is 0. The molecule has 0 saturated carbocycles. The van der Waals surface area contributed by atoms with Crippen molar-refractivity contribution in [1.29, 1.82) is 0 Å². The summed E-state index contributed by atoms with van der Waals surface area (Å²) >= 11 is 1.59. The van der Waals surface area contributed by atoms with Crippen molar-refractivity contribution in [2.75, 3.05) is 5.32 Å². The van der Waals surface area contributed by atoms with Crippen molar-refractivity contribution in [3.8, 4) is 0 Å². The van der Waals surface area contributed by atoms with Crippen molar-refractivity contribution in [3.63, 3.8) is 0 Å². The summed E-state index contributed by atoms with van der Waals surface area (Å²) in [6.45, 7) is 4.04. The number of fused-ring (bicyclic) bond motifs is 1. The summed E-state index contributed by atoms with van der Waals surface area (Å²) in [5.74, 6) is -0.314. The minimum atomic E-state index is -0.898. The zero-order valence-corrected chi connectivity index (χ0v) is 13.7. The Bertz CT molecular complexity index is 846. The lowest BCUT2D eigenvalue weighted by Crippen LogP contribution is -2.32. The molecule has 2 aromatic heterocycles. The van der Waals surface area contributed by atoms with Crippen LogP contribution in [0.5, 0.6) is 0 Å². The van der Waals surface area contributed by atoms with Crippen molar-refractivity contribution in [2.45, 2.75) is 26.3 Å². The van der Waals surface area contributed by atoms with Gasteiger partial charge in [0.2, 0.25) is 0 Å². The number of carboxylic acids is 1. The summed E-state index contributed by atoms with van der Waals surface area (Å²) in [5, 5.41) is 13.5. The summed E-state index contributed by atoms with van der Waals surface area (Å²) < 4.78 is 0. The number of nitrogens with zero attached hydrogens (tertiary/aromatic N) is 2. The average molecular weight is 327 g/mol. The highest BCUT2D eigenvalue weighted by Crippen LogP contribution is 2.32. The molecular weight excluding hydrogens is 310 g/mol. The normalized spacial score (nSPS) is 12.3. The van der Waals surface area contributed by atoms with Crippen LogP contribution >= 0.6 is 11.3 Å². The second kappa shape index (κ2) is 6.34. The van der Waals surface area contributed by atoms with E-state index in [1.807, 2.05) is 44.2 Å². The van der Waals surface area contributed by atoms with E-state index in [0.717, 1.165) is 21.3 Å². The van der Waals surface area contributed by atoms with Gasteiger partial charge in [-0.05, 0) is 25.0 Å². The molecular formula is C17H17N3O2S. The molecule has 0 unspecified atom stereocenters. The second-order valence-corrected chi connectivity index (χ2v) is 6.61. The molecule has 3 aromatic rings. The summed E-state index contributed by atoms with van der Waals surface area (Å²) in [6.07, 6.45) is 1.87. The number of aryl methyl sites for hydroxylation is 2. The fourth-order valence-corrected chi connectivity index (χ4v) is 3.50. The Balaban J connectivity index is 1.93. The first-order chi connectivity index (χ1) is 11.1. The summed E-state index contributed by atoms with van der Waals surface area (Å²) in [5.41, 5.74) is 2.06. The van der Waals surface area contributed by atoms with Gasteiger partial charge in [0.25, 0.3) is 0 Å². The number of aliphatic carboxylic acids is 1. The van der Waals surface area contributed by atoms with Gasteiger partial charge in [-0.3, -0.25) is 0 Å². The van der Waals surface area contributed by atoms with E-state index in [0.29, 0.717) is 12.2 Å². The highest BCUT2D eigenvalue weighted by molar-refractivity contribution is 7.18. The fourth-order valence-electron chi connectivity index (χ4n) is 2.51. The van der Waals surface area contributed by atoms with E-state index in [2.05, 4.69) is 15.3 Å². The number of anilines is 1. The Morgan fingerprint density at radius 2 is 2.00 bits per heavy atom. The number of rotatable bonds is 5. The Morgan fingerprint density at radius 3 is 2.70 bits per heavy atom. The van der Waals surface area contributed by atoms with Crippen molar-refractivity contribution in [3.05, 3.63) is 52.7 Å². The first-order valence-electron chi connectivity index (χ1n) is 7.30. The quantitative estimate of drug-likeness (QED) is 0.751. The number of thiophene rings is 1. The Kier molecular flexibility index (Phi) is 4.25. The van der Waals surface area contributed by atoms with Crippen LogP contribution < -0.4 is 5.32 Å². The predicted octanol–water partition coefficient (Wildman–Crippen LogP) is 3.42. The molecule has 23 heavy (non-hydrogen) atoms. The molecule has 0 radical (unpaired) electrons. The second-order valence-electron chi connectivity index (χ2n) is 5.41. The predicted molar refractivity (Wildman–Crippen MR) is 92.1 cm³/mol. The highest BCUT2D eigenvalue weighted by Gasteiger charge is 2.21. The molecule has 0 fully saturated rings. The van der Waals surface area contributed by atoms with Gasteiger partial charge in [-0.2, -0.15) is 0 Å². The van der Waals surface area contributed by atoms with Gasteiger partial charge in [-0.1, -0.05) is 30.3 Å². The number of aromatic nitrogens is 2. The number of nitrogens with one attached hydrogen (secondary N) is 1. The zero-order chi connectivity index (χ0) is 16.4. The van der Waals surface area contributed by atoms with Gasteiger partial charge in [0.15, 0.2) is 0 Å². The Morgan fingerprint density at radius 1 is 1.26 bits per heavy atom. The van der Waals surface area contributed by atoms with E-state index in [1.54, 1.807) is 11.3 Å². The first kappa shape index (κ1) is 15.4. The van der Waals surface area contributed by atoms with Gasteiger partial charge in [0.1, 0.15) is 23.0 Å². The number of carboxylic acid groups (broad SMARTS) is 1. The maximum atomic E-state index is 11.6. The Hall–Kier alpha value is -2.47. The molecule has 0 aliphatic carbocycles. The van der Waals surface area contributed by atoms with Crippen LogP contribution in [0.1, 0.15) is 16.0 Å². The molecule has 0 saturated heterocycles. The molecule has 118 valence electrons. The summed E-state index contributed by atoms with van der Waals surface area (Å²) in [4.78, 5) is 22.2. The monoisotopic (exact) mass is 327 g/mol. The lowest BCUT2D eigenvalue weighted by atomic mass is 10.1. The average Bonchev–Trinajstić information content (AvgIpc) is 2.83. The van der Waals surface area contributed by atoms with Gasteiger partial charge in [0, 0.05) is 11.3 Å². The largest absolute Gasteiger partial charge is 0.480 e. The van der Waals surface area contributed by atoms with E-state index >= 15 is 0 Å². The molecule has 1 aromatic carbocycles. The zero-order valence-electron chi connectivity index (χ0n) is 12.9. The van der Waals surface area contributed by atoms with Crippen LogP contribution in [0.2, 0.25) is 0 Å². The van der Waals surface area contributed by atoms with Gasteiger partial charge < -0.3 is 10.4 Å². The molecule has 6 heteroatoms. The van der Waals surface area contributed by atoms with Crippen molar-refractivity contribution < 1.29 is 9.90 Å². The van der Waals surface area contributed by atoms with Gasteiger partial charge >= 0.3 is 5.97 Å². The molecule has 0 aliphatic rings. The van der Waals surface area contributed by atoms with Crippen molar-refractivity contribution in [2.24, 2.45) is 0 Å². The van der Waals surface area contributed by atoms with Crippen molar-refractivity contribution in [1.82, 2.24) is 9.97 Å². The third kappa shape index (κ3) is 3.17. The van der Waals surface area contributed by atoms with Crippen LogP contribution in [0.3, 0.4) is 0 Å². The van der Waals surface area contributed by atoms with Crippen LogP contribution in [0.25, 0.3) is 10.2 Å². The molecule has 5 nitrogen and oxygen atoms in total. The highest BCUT2D eigenvalue weighted by atomic mass is 32.1. The molecule has 0 spiro atoms. The van der Waals surface area contributed by atoms with E-state index in [-0.39, 0.29) is 0 Å². The first-order valence-corrected chi connectivity index (χ1v) is 8.12. The molecule has 0 amide bonds. The molecule has 0 bridgehead atoms. The number of benzene rings is 1. The smallest absolute Gasteiger partial charge is 0.326 e. The molecule has 1 atom stereocenters. The van der Waals surface area contributed by atoms with Crippen molar-refractivity contribution >= 4 is 33.3 Å². The van der Waals surface area contributed by atoms with Crippen LogP contribution in [0.4, 0.5) is 5.82 Å². The lowest BCUT2D eigenvalue weighted by molar-refractivity contribution is -0.137. The van der Waals surface area contributed by atoms with Gasteiger partial charge in [0.05, 0.1) is 5.39 Å². The molecule has 2 heterocycles. The third-order valence-corrected chi connectivity index (χ3v) is 4.97. The third-order valence-electron chi connectivity index (χ3n) is 3.86. The lowest BCUT2D eigenvalue weighted by Gasteiger charge is -2.16. The Labute approximate surface area is 138 Å². The van der Waals surface area contributed by atoms with E-state index < -0.39 is 12.0 Å². The topological polar surface area (TPSA) is 75.1 Å². The molecule has 2 N–H and O–H groups in total. The van der Waals surface area contributed by atoms with Crippen LogP contribution in [0, 0.1) is 13.8 Å². The maximum Gasteiger partial charge on any atom is 0.326 e. The fraction of sp³-hybridized carbons (Fsp3) is 0.235.